The van der Waals surface area contributed by atoms with Gasteiger partial charge >= 0.3 is 12.1 Å². The van der Waals surface area contributed by atoms with Gasteiger partial charge < -0.3 is 21.3 Å². The van der Waals surface area contributed by atoms with E-state index in [-0.39, 0.29) is 36.1 Å². The molecule has 1 aromatic rings. The highest BCUT2D eigenvalue weighted by Gasteiger charge is 2.70. The van der Waals surface area contributed by atoms with E-state index in [1.54, 1.807) is 37.6 Å². The molecule has 0 spiro atoms. The Morgan fingerprint density at radius 3 is 2.45 bits per heavy atom. The fourth-order valence-corrected chi connectivity index (χ4v) is 6.97. The van der Waals surface area contributed by atoms with Crippen molar-refractivity contribution in [3.8, 4) is 0 Å². The predicted octanol–water partition coefficient (Wildman–Crippen LogP) is 2.11. The van der Waals surface area contributed by atoms with Crippen LogP contribution in [0.15, 0.2) is 5.51 Å². The number of carbonyl (C=O) groups excluding carboxylic acids is 4. The van der Waals surface area contributed by atoms with Crippen molar-refractivity contribution < 1.29 is 32.3 Å². The van der Waals surface area contributed by atoms with E-state index in [2.05, 4.69) is 10.3 Å². The molecule has 3 aliphatic rings. The molecule has 2 heterocycles. The molecule has 4 amide bonds. The fraction of sp³-hybridized carbons (Fsp3) is 0.720. The van der Waals surface area contributed by atoms with Crippen molar-refractivity contribution >= 4 is 35.0 Å². The zero-order chi connectivity index (χ0) is 28.4. The number of thiazole rings is 1. The number of rotatable bonds is 7. The zero-order valence-electron chi connectivity index (χ0n) is 22.0. The van der Waals surface area contributed by atoms with Crippen molar-refractivity contribution in [2.75, 3.05) is 6.54 Å². The Morgan fingerprint density at radius 1 is 1.21 bits per heavy atom. The summed E-state index contributed by atoms with van der Waals surface area (Å²) in [6.45, 7) is 8.71. The zero-order valence-corrected chi connectivity index (χ0v) is 22.8. The summed E-state index contributed by atoms with van der Waals surface area (Å²) >= 11 is 1.55. The van der Waals surface area contributed by atoms with Crippen LogP contribution in [0.2, 0.25) is 0 Å². The highest BCUT2D eigenvalue weighted by atomic mass is 32.1. The van der Waals surface area contributed by atoms with E-state index in [4.69, 9.17) is 5.73 Å². The van der Waals surface area contributed by atoms with E-state index in [1.165, 1.54) is 4.90 Å². The van der Waals surface area contributed by atoms with E-state index in [0.717, 1.165) is 23.4 Å². The lowest BCUT2D eigenvalue weighted by atomic mass is 9.85. The number of nitrogens with two attached hydrogens (primary N) is 1. The average molecular weight is 558 g/mol. The molecule has 9 nitrogen and oxygen atoms in total. The predicted molar refractivity (Wildman–Crippen MR) is 133 cm³/mol. The SMILES string of the molecule is CC(C)(C)C(NC(=O)C(F)(F)F)C(=O)N1C[C@H]2[C@@H]([C@H]1C(=O)NC(CC1CCc3scnc31)C(N)=O)C2(C)C. The van der Waals surface area contributed by atoms with Gasteiger partial charge in [-0.1, -0.05) is 34.6 Å². The normalized spacial score (nSPS) is 27.2. The van der Waals surface area contributed by atoms with Crippen LogP contribution in [0, 0.1) is 22.7 Å². The molecule has 210 valence electrons. The molecular weight excluding hydrogens is 523 g/mol. The molecule has 38 heavy (non-hydrogen) atoms. The summed E-state index contributed by atoms with van der Waals surface area (Å²) in [5.41, 5.74) is 6.96. The maximum Gasteiger partial charge on any atom is 0.471 e. The van der Waals surface area contributed by atoms with Crippen molar-refractivity contribution in [1.82, 2.24) is 20.5 Å². The van der Waals surface area contributed by atoms with Crippen molar-refractivity contribution in [1.29, 1.82) is 0 Å². The topological polar surface area (TPSA) is 134 Å². The third kappa shape index (κ3) is 5.13. The number of hydrogen-bond acceptors (Lipinski definition) is 6. The number of aryl methyl sites for hydroxylation is 1. The van der Waals surface area contributed by atoms with E-state index in [9.17, 15) is 32.3 Å². The highest BCUT2D eigenvalue weighted by Crippen LogP contribution is 2.65. The number of primary amides is 1. The molecule has 1 saturated carbocycles. The van der Waals surface area contributed by atoms with Crippen LogP contribution in [-0.2, 0) is 25.6 Å². The summed E-state index contributed by atoms with van der Waals surface area (Å²) < 4.78 is 39.1. The van der Waals surface area contributed by atoms with Crippen molar-refractivity contribution in [3.05, 3.63) is 16.1 Å². The van der Waals surface area contributed by atoms with Gasteiger partial charge in [0.25, 0.3) is 0 Å². The maximum absolute atomic E-state index is 13.6. The number of fused-ring (bicyclic) bond motifs is 2. The number of alkyl halides is 3. The Balaban J connectivity index is 1.55. The van der Waals surface area contributed by atoms with Crippen LogP contribution in [0.5, 0.6) is 0 Å². The smallest absolute Gasteiger partial charge is 0.368 e. The summed E-state index contributed by atoms with van der Waals surface area (Å²) in [5, 5.41) is 4.56. The first kappa shape index (κ1) is 28.3. The van der Waals surface area contributed by atoms with Gasteiger partial charge in [-0.25, -0.2) is 4.98 Å². The molecular formula is C25H34F3N5O4S. The summed E-state index contributed by atoms with van der Waals surface area (Å²) in [6, 6.07) is -3.52. The first-order valence-corrected chi connectivity index (χ1v) is 13.5. The lowest BCUT2D eigenvalue weighted by Gasteiger charge is -2.38. The molecule has 0 radical (unpaired) electrons. The van der Waals surface area contributed by atoms with Crippen LogP contribution < -0.4 is 16.4 Å². The molecule has 0 aromatic carbocycles. The van der Waals surface area contributed by atoms with Gasteiger partial charge in [0.1, 0.15) is 18.1 Å². The van der Waals surface area contributed by atoms with Gasteiger partial charge in [-0.2, -0.15) is 13.2 Å². The second-order valence-electron chi connectivity index (χ2n) is 12.3. The quantitative estimate of drug-likeness (QED) is 0.472. The minimum absolute atomic E-state index is 0.0386. The Bertz CT molecular complexity index is 1140. The number of carbonyl (C=O) groups is 4. The molecule has 13 heteroatoms. The molecule has 4 rings (SSSR count). The van der Waals surface area contributed by atoms with Crippen molar-refractivity contribution in [2.45, 2.75) is 84.1 Å². The molecule has 2 fully saturated rings. The standard InChI is InChI=1S/C25H34F3N5O4S/c1-23(2,3)18(32-22(37)25(26,27)28)21(36)33-9-12-15(24(12,4)5)17(33)20(35)31-13(19(29)34)8-11-6-7-14-16(11)30-10-38-14/h10-13,15,17-18H,6-9H2,1-5H3,(H2,29,34)(H,31,35)(H,32,37)/t11?,12-,13?,15-,17-,18?/m0/s1. The van der Waals surface area contributed by atoms with Gasteiger partial charge in [-0.05, 0) is 41.9 Å². The van der Waals surface area contributed by atoms with Gasteiger partial charge in [0.15, 0.2) is 0 Å². The Kier molecular flexibility index (Phi) is 7.07. The number of hydrogen-bond donors (Lipinski definition) is 3. The van der Waals surface area contributed by atoms with Gasteiger partial charge in [-0.15, -0.1) is 11.3 Å². The summed E-state index contributed by atoms with van der Waals surface area (Å²) in [7, 11) is 0. The Hall–Kier alpha value is -2.70. The van der Waals surface area contributed by atoms with Crippen LogP contribution in [0.3, 0.4) is 0 Å². The Morgan fingerprint density at radius 2 is 1.87 bits per heavy atom. The van der Waals surface area contributed by atoms with Crippen LogP contribution in [-0.4, -0.2) is 64.4 Å². The van der Waals surface area contributed by atoms with Crippen molar-refractivity contribution in [3.63, 3.8) is 0 Å². The largest absolute Gasteiger partial charge is 0.471 e. The highest BCUT2D eigenvalue weighted by molar-refractivity contribution is 7.09. The number of nitrogens with zero attached hydrogens (tertiary/aromatic N) is 2. The number of piperidine rings is 1. The number of nitrogens with one attached hydrogen (secondary N) is 2. The van der Waals surface area contributed by atoms with Crippen molar-refractivity contribution in [2.24, 2.45) is 28.4 Å². The number of halogens is 3. The van der Waals surface area contributed by atoms with E-state index in [0.29, 0.717) is 0 Å². The number of likely N-dealkylation sites (tertiary alicyclic amines) is 1. The van der Waals surface area contributed by atoms with Crippen LogP contribution in [0.1, 0.15) is 63.9 Å². The second kappa shape index (κ2) is 9.49. The summed E-state index contributed by atoms with van der Waals surface area (Å²) in [4.78, 5) is 58.1. The number of aromatic nitrogens is 1. The van der Waals surface area contributed by atoms with Crippen LogP contribution >= 0.6 is 11.3 Å². The van der Waals surface area contributed by atoms with Gasteiger partial charge in [-0.3, -0.25) is 19.2 Å². The molecule has 6 atom stereocenters. The van der Waals surface area contributed by atoms with E-state index < -0.39 is 53.3 Å². The summed E-state index contributed by atoms with van der Waals surface area (Å²) in [6.07, 6.45) is -3.28. The fourth-order valence-electron chi connectivity index (χ4n) is 6.10. The van der Waals surface area contributed by atoms with E-state index in [1.807, 2.05) is 19.2 Å². The first-order chi connectivity index (χ1) is 17.4. The molecule has 1 saturated heterocycles. The monoisotopic (exact) mass is 557 g/mol. The van der Waals surface area contributed by atoms with E-state index >= 15 is 0 Å². The van der Waals surface area contributed by atoms with Gasteiger partial charge in [0.05, 0.1) is 11.2 Å². The minimum atomic E-state index is -5.16. The van der Waals surface area contributed by atoms with Crippen LogP contribution in [0.25, 0.3) is 0 Å². The lowest BCUT2D eigenvalue weighted by Crippen LogP contribution is -2.61. The average Bonchev–Trinajstić information content (AvgIpc) is 3.29. The van der Waals surface area contributed by atoms with Crippen LogP contribution in [0.4, 0.5) is 13.2 Å². The maximum atomic E-state index is 13.6. The molecule has 1 aromatic heterocycles. The summed E-state index contributed by atoms with van der Waals surface area (Å²) in [5.74, 6) is -4.60. The molecule has 1 aliphatic heterocycles. The second-order valence-corrected chi connectivity index (χ2v) is 13.2. The lowest BCUT2D eigenvalue weighted by molar-refractivity contribution is -0.176. The first-order valence-electron chi connectivity index (χ1n) is 12.6. The van der Waals surface area contributed by atoms with Gasteiger partial charge in [0.2, 0.25) is 17.7 Å². The minimum Gasteiger partial charge on any atom is -0.368 e. The Labute approximate surface area is 223 Å². The third-order valence-electron chi connectivity index (χ3n) is 8.37. The third-order valence-corrected chi connectivity index (χ3v) is 9.27. The molecule has 4 N–H and O–H groups in total. The molecule has 0 bridgehead atoms. The van der Waals surface area contributed by atoms with Gasteiger partial charge in [0, 0.05) is 17.3 Å². The molecule has 2 aliphatic carbocycles. The molecule has 3 unspecified atom stereocenters. The number of amides is 4.